The molecular formula is C14H18FNO4S. The Hall–Kier alpha value is -1.47. The zero-order valence-electron chi connectivity index (χ0n) is 11.5. The van der Waals surface area contributed by atoms with Crippen molar-refractivity contribution in [2.24, 2.45) is 5.92 Å². The van der Waals surface area contributed by atoms with E-state index in [1.807, 2.05) is 0 Å². The van der Waals surface area contributed by atoms with Crippen LogP contribution in [0.25, 0.3) is 0 Å². The van der Waals surface area contributed by atoms with Gasteiger partial charge in [-0.15, -0.1) is 0 Å². The van der Waals surface area contributed by atoms with Gasteiger partial charge >= 0.3 is 5.97 Å². The van der Waals surface area contributed by atoms with E-state index < -0.39 is 21.8 Å². The number of rotatable bonds is 5. The molecule has 5 nitrogen and oxygen atoms in total. The van der Waals surface area contributed by atoms with E-state index in [4.69, 9.17) is 5.11 Å². The molecule has 0 bridgehead atoms. The highest BCUT2D eigenvalue weighted by Gasteiger charge is 2.31. The average molecular weight is 315 g/mol. The van der Waals surface area contributed by atoms with Crippen molar-refractivity contribution in [1.29, 1.82) is 0 Å². The number of halogens is 1. The first kappa shape index (κ1) is 15.9. The number of carboxylic acid groups (broad SMARTS) is 1. The van der Waals surface area contributed by atoms with Gasteiger partial charge in [-0.25, -0.2) is 12.8 Å². The Balaban J connectivity index is 2.01. The Kier molecular flexibility index (Phi) is 4.95. The Morgan fingerprint density at radius 2 is 1.90 bits per heavy atom. The minimum Gasteiger partial charge on any atom is -0.481 e. The zero-order chi connectivity index (χ0) is 15.5. The second-order valence-corrected chi connectivity index (χ2v) is 7.12. The fourth-order valence-electron chi connectivity index (χ4n) is 2.56. The van der Waals surface area contributed by atoms with Gasteiger partial charge in [-0.3, -0.25) is 4.79 Å². The van der Waals surface area contributed by atoms with Crippen molar-refractivity contribution >= 4 is 16.0 Å². The summed E-state index contributed by atoms with van der Waals surface area (Å²) in [5.41, 5.74) is 0. The van der Waals surface area contributed by atoms with Crippen molar-refractivity contribution in [1.82, 2.24) is 4.31 Å². The van der Waals surface area contributed by atoms with E-state index in [-0.39, 0.29) is 17.2 Å². The fourth-order valence-corrected chi connectivity index (χ4v) is 4.09. The fraction of sp³-hybridized carbons (Fsp3) is 0.500. The second kappa shape index (κ2) is 6.53. The largest absolute Gasteiger partial charge is 0.481 e. The van der Waals surface area contributed by atoms with Crippen molar-refractivity contribution in [2.45, 2.75) is 30.6 Å². The summed E-state index contributed by atoms with van der Waals surface area (Å²) in [4.78, 5) is 10.2. The van der Waals surface area contributed by atoms with Gasteiger partial charge in [0.1, 0.15) is 10.7 Å². The van der Waals surface area contributed by atoms with Crippen LogP contribution in [0.4, 0.5) is 4.39 Å². The lowest BCUT2D eigenvalue weighted by Gasteiger charge is -2.31. The maximum absolute atomic E-state index is 13.7. The van der Waals surface area contributed by atoms with Crippen LogP contribution in [0.5, 0.6) is 0 Å². The Bertz CT molecular complexity index is 609. The number of piperidine rings is 1. The van der Waals surface area contributed by atoms with E-state index >= 15 is 0 Å². The van der Waals surface area contributed by atoms with Crippen LogP contribution in [0.2, 0.25) is 0 Å². The Morgan fingerprint density at radius 3 is 2.48 bits per heavy atom. The molecule has 1 saturated heterocycles. The van der Waals surface area contributed by atoms with E-state index in [2.05, 4.69) is 0 Å². The summed E-state index contributed by atoms with van der Waals surface area (Å²) in [5, 5.41) is 8.66. The third kappa shape index (κ3) is 3.79. The predicted molar refractivity (Wildman–Crippen MR) is 74.8 cm³/mol. The monoisotopic (exact) mass is 315 g/mol. The van der Waals surface area contributed by atoms with E-state index in [1.165, 1.54) is 22.5 Å². The molecule has 1 aliphatic heterocycles. The molecule has 1 heterocycles. The lowest BCUT2D eigenvalue weighted by molar-refractivity contribution is -0.137. The first-order valence-corrected chi connectivity index (χ1v) is 8.31. The summed E-state index contributed by atoms with van der Waals surface area (Å²) in [6, 6.07) is 5.34. The molecule has 1 aromatic rings. The summed E-state index contributed by atoms with van der Waals surface area (Å²) in [7, 11) is -3.81. The SMILES string of the molecule is O=C(O)CCC1CCN(S(=O)(=O)c2ccccc2F)CC1. The lowest BCUT2D eigenvalue weighted by Crippen LogP contribution is -2.38. The van der Waals surface area contributed by atoms with Crippen molar-refractivity contribution in [3.8, 4) is 0 Å². The molecule has 0 aliphatic carbocycles. The topological polar surface area (TPSA) is 74.7 Å². The molecule has 1 N–H and O–H groups in total. The first-order chi connectivity index (χ1) is 9.91. The number of sulfonamides is 1. The number of hydrogen-bond donors (Lipinski definition) is 1. The van der Waals surface area contributed by atoms with Crippen LogP contribution in [0.3, 0.4) is 0 Å². The summed E-state index contributed by atoms with van der Waals surface area (Å²) in [6.07, 6.45) is 1.88. The molecule has 0 spiro atoms. The van der Waals surface area contributed by atoms with Gasteiger partial charge in [0.25, 0.3) is 0 Å². The van der Waals surface area contributed by atoms with E-state index in [9.17, 15) is 17.6 Å². The quantitative estimate of drug-likeness (QED) is 0.903. The standard InChI is InChI=1S/C14H18FNO4S/c15-12-3-1-2-4-13(12)21(19,20)16-9-7-11(8-10-16)5-6-14(17)18/h1-4,11H,5-10H2,(H,17,18). The highest BCUT2D eigenvalue weighted by Crippen LogP contribution is 2.27. The summed E-state index contributed by atoms with van der Waals surface area (Å²) in [6.45, 7) is 0.613. The third-order valence-corrected chi connectivity index (χ3v) is 5.73. The van der Waals surface area contributed by atoms with Crippen molar-refractivity contribution in [3.05, 3.63) is 30.1 Å². The van der Waals surface area contributed by atoms with Gasteiger partial charge in [-0.2, -0.15) is 4.31 Å². The molecule has 0 saturated carbocycles. The van der Waals surface area contributed by atoms with Crippen LogP contribution in [-0.2, 0) is 14.8 Å². The molecule has 1 aromatic carbocycles. The highest BCUT2D eigenvalue weighted by molar-refractivity contribution is 7.89. The summed E-state index contributed by atoms with van der Waals surface area (Å²) in [5.74, 6) is -1.37. The molecular weight excluding hydrogens is 297 g/mol. The number of hydrogen-bond acceptors (Lipinski definition) is 3. The van der Waals surface area contributed by atoms with E-state index in [0.717, 1.165) is 6.07 Å². The van der Waals surface area contributed by atoms with Crippen molar-refractivity contribution in [2.75, 3.05) is 13.1 Å². The zero-order valence-corrected chi connectivity index (χ0v) is 12.4. The van der Waals surface area contributed by atoms with E-state index in [1.54, 1.807) is 0 Å². The van der Waals surface area contributed by atoms with Crippen LogP contribution in [-0.4, -0.2) is 36.9 Å². The summed E-state index contributed by atoms with van der Waals surface area (Å²) >= 11 is 0. The average Bonchev–Trinajstić information content (AvgIpc) is 2.46. The number of carbonyl (C=O) groups is 1. The van der Waals surface area contributed by atoms with Crippen LogP contribution >= 0.6 is 0 Å². The maximum Gasteiger partial charge on any atom is 0.303 e. The van der Waals surface area contributed by atoms with Gasteiger partial charge < -0.3 is 5.11 Å². The summed E-state index contributed by atoms with van der Waals surface area (Å²) < 4.78 is 39.7. The van der Waals surface area contributed by atoms with Gasteiger partial charge in [0.15, 0.2) is 0 Å². The minimum absolute atomic E-state index is 0.102. The molecule has 0 amide bonds. The van der Waals surface area contributed by atoms with Gasteiger partial charge in [0, 0.05) is 19.5 Å². The number of carboxylic acids is 1. The van der Waals surface area contributed by atoms with Gasteiger partial charge in [-0.1, -0.05) is 12.1 Å². The predicted octanol–water partition coefficient (Wildman–Crippen LogP) is 2.09. The molecule has 1 aliphatic rings. The minimum atomic E-state index is -3.81. The number of benzene rings is 1. The normalized spacial score (nSPS) is 17.8. The van der Waals surface area contributed by atoms with E-state index in [0.29, 0.717) is 32.4 Å². The Labute approximate surface area is 123 Å². The highest BCUT2D eigenvalue weighted by atomic mass is 32.2. The number of aliphatic carboxylic acids is 1. The molecule has 2 rings (SSSR count). The second-order valence-electron chi connectivity index (χ2n) is 5.21. The third-order valence-electron chi connectivity index (χ3n) is 3.79. The molecule has 0 atom stereocenters. The van der Waals surface area contributed by atoms with Crippen molar-refractivity contribution < 1.29 is 22.7 Å². The van der Waals surface area contributed by atoms with Gasteiger partial charge in [0.05, 0.1) is 0 Å². The first-order valence-electron chi connectivity index (χ1n) is 6.87. The van der Waals surface area contributed by atoms with Crippen LogP contribution in [0, 0.1) is 11.7 Å². The molecule has 0 aromatic heterocycles. The van der Waals surface area contributed by atoms with Crippen LogP contribution in [0.15, 0.2) is 29.2 Å². The van der Waals surface area contributed by atoms with Gasteiger partial charge in [-0.05, 0) is 37.3 Å². The van der Waals surface area contributed by atoms with Gasteiger partial charge in [0.2, 0.25) is 10.0 Å². The molecule has 21 heavy (non-hydrogen) atoms. The lowest BCUT2D eigenvalue weighted by atomic mass is 9.93. The maximum atomic E-state index is 13.7. The van der Waals surface area contributed by atoms with Crippen molar-refractivity contribution in [3.63, 3.8) is 0 Å². The Morgan fingerprint density at radius 1 is 1.29 bits per heavy atom. The smallest absolute Gasteiger partial charge is 0.303 e. The molecule has 1 fully saturated rings. The number of nitrogens with zero attached hydrogens (tertiary/aromatic N) is 1. The molecule has 116 valence electrons. The molecule has 0 unspecified atom stereocenters. The molecule has 7 heteroatoms. The molecule has 0 radical (unpaired) electrons. The van der Waals surface area contributed by atoms with Crippen LogP contribution in [0.1, 0.15) is 25.7 Å². The van der Waals surface area contributed by atoms with Crippen LogP contribution < -0.4 is 0 Å².